The molecule has 0 bridgehead atoms. The highest BCUT2D eigenvalue weighted by atomic mass is 15.1. The molecular weight excluding hydrogens is 184 g/mol. The smallest absolute Gasteiger partial charge is 0.0240 e. The van der Waals surface area contributed by atoms with Crippen molar-refractivity contribution in [3.8, 4) is 0 Å². The lowest BCUT2D eigenvalue weighted by Gasteiger charge is -2.09. The van der Waals surface area contributed by atoms with Crippen LogP contribution in [0.1, 0.15) is 30.0 Å². The van der Waals surface area contributed by atoms with Crippen LogP contribution in [0.4, 0.5) is 0 Å². The lowest BCUT2D eigenvalue weighted by atomic mass is 10.0. The molecular formula is C13H20N2. The Hall–Kier alpha value is -0.860. The summed E-state index contributed by atoms with van der Waals surface area (Å²) >= 11 is 0. The maximum absolute atomic E-state index is 5.52. The zero-order valence-corrected chi connectivity index (χ0v) is 9.50. The summed E-state index contributed by atoms with van der Waals surface area (Å²) in [5.74, 6) is 0. The summed E-state index contributed by atoms with van der Waals surface area (Å²) in [6, 6.07) is 6.91. The monoisotopic (exact) mass is 204 g/mol. The lowest BCUT2D eigenvalue weighted by molar-refractivity contribution is 0.301. The third kappa shape index (κ3) is 2.39. The van der Waals surface area contributed by atoms with Gasteiger partial charge >= 0.3 is 0 Å². The average molecular weight is 204 g/mol. The molecule has 1 heterocycles. The summed E-state index contributed by atoms with van der Waals surface area (Å²) in [6.45, 7) is 6.41. The predicted molar refractivity (Wildman–Crippen MR) is 63.6 cm³/mol. The average Bonchev–Trinajstić information content (AvgIpc) is 2.68. The van der Waals surface area contributed by atoms with Gasteiger partial charge in [-0.15, -0.1) is 0 Å². The molecule has 0 fully saturated rings. The van der Waals surface area contributed by atoms with E-state index in [4.69, 9.17) is 5.73 Å². The van der Waals surface area contributed by atoms with Crippen LogP contribution in [0.2, 0.25) is 0 Å². The second-order valence-corrected chi connectivity index (χ2v) is 4.30. The minimum atomic E-state index is 0.790. The molecule has 2 N–H and O–H groups in total. The molecule has 1 aliphatic rings. The molecule has 1 aliphatic heterocycles. The number of nitrogens with zero attached hydrogens (tertiary/aromatic N) is 1. The molecule has 0 aliphatic carbocycles. The van der Waals surface area contributed by atoms with E-state index in [1.165, 1.54) is 16.7 Å². The van der Waals surface area contributed by atoms with E-state index in [1.54, 1.807) is 0 Å². The summed E-state index contributed by atoms with van der Waals surface area (Å²) in [5.41, 5.74) is 9.99. The van der Waals surface area contributed by atoms with E-state index >= 15 is 0 Å². The Balaban J connectivity index is 2.08. The first-order valence-electron chi connectivity index (χ1n) is 5.86. The van der Waals surface area contributed by atoms with Crippen LogP contribution in [0.15, 0.2) is 18.2 Å². The van der Waals surface area contributed by atoms with Crippen molar-refractivity contribution < 1.29 is 0 Å². The Morgan fingerprint density at radius 1 is 1.27 bits per heavy atom. The van der Waals surface area contributed by atoms with E-state index in [0.717, 1.165) is 39.0 Å². The fraction of sp³-hybridized carbons (Fsp3) is 0.538. The molecule has 0 atom stereocenters. The van der Waals surface area contributed by atoms with E-state index in [2.05, 4.69) is 30.0 Å². The van der Waals surface area contributed by atoms with Gasteiger partial charge in [0.2, 0.25) is 0 Å². The van der Waals surface area contributed by atoms with E-state index in [-0.39, 0.29) is 0 Å². The molecule has 82 valence electrons. The second-order valence-electron chi connectivity index (χ2n) is 4.30. The van der Waals surface area contributed by atoms with Crippen LogP contribution in [0.25, 0.3) is 0 Å². The zero-order valence-electron chi connectivity index (χ0n) is 9.50. The van der Waals surface area contributed by atoms with Crippen molar-refractivity contribution in [2.75, 3.05) is 13.1 Å². The fourth-order valence-electron chi connectivity index (χ4n) is 2.20. The number of hydrogen-bond donors (Lipinski definition) is 1. The first-order chi connectivity index (χ1) is 7.33. The highest BCUT2D eigenvalue weighted by Gasteiger charge is 2.16. The van der Waals surface area contributed by atoms with Gasteiger partial charge in [0.15, 0.2) is 0 Å². The van der Waals surface area contributed by atoms with E-state index in [0.29, 0.717) is 0 Å². The molecule has 2 heteroatoms. The Labute approximate surface area is 92.1 Å². The quantitative estimate of drug-likeness (QED) is 0.812. The molecule has 0 radical (unpaired) electrons. The predicted octanol–water partition coefficient (Wildman–Crippen LogP) is 1.91. The van der Waals surface area contributed by atoms with Gasteiger partial charge in [0.1, 0.15) is 0 Å². The molecule has 1 aromatic rings. The summed E-state index contributed by atoms with van der Waals surface area (Å²) in [7, 11) is 0. The van der Waals surface area contributed by atoms with Crippen molar-refractivity contribution in [1.82, 2.24) is 4.90 Å². The van der Waals surface area contributed by atoms with Gasteiger partial charge in [0.25, 0.3) is 0 Å². The lowest BCUT2D eigenvalue weighted by Crippen LogP contribution is -2.14. The van der Waals surface area contributed by atoms with Gasteiger partial charge in [-0.3, -0.25) is 4.90 Å². The first-order valence-corrected chi connectivity index (χ1v) is 5.86. The summed E-state index contributed by atoms with van der Waals surface area (Å²) in [4.78, 5) is 2.47. The number of benzene rings is 1. The highest BCUT2D eigenvalue weighted by Crippen LogP contribution is 2.23. The molecule has 0 saturated carbocycles. The van der Waals surface area contributed by atoms with Crippen molar-refractivity contribution >= 4 is 0 Å². The number of rotatable bonds is 4. The van der Waals surface area contributed by atoms with Crippen LogP contribution in [-0.2, 0) is 19.5 Å². The van der Waals surface area contributed by atoms with Gasteiger partial charge in [-0.25, -0.2) is 0 Å². The van der Waals surface area contributed by atoms with Crippen molar-refractivity contribution in [2.45, 2.75) is 32.9 Å². The Morgan fingerprint density at radius 3 is 2.80 bits per heavy atom. The Kier molecular flexibility index (Phi) is 3.39. The van der Waals surface area contributed by atoms with Crippen LogP contribution >= 0.6 is 0 Å². The normalized spacial score (nSPS) is 15.6. The zero-order chi connectivity index (χ0) is 10.7. The summed E-state index contributed by atoms with van der Waals surface area (Å²) < 4.78 is 0. The molecule has 2 nitrogen and oxygen atoms in total. The Bertz CT molecular complexity index is 333. The van der Waals surface area contributed by atoms with Crippen LogP contribution in [0.5, 0.6) is 0 Å². The van der Waals surface area contributed by atoms with E-state index < -0.39 is 0 Å². The number of aryl methyl sites for hydroxylation is 1. The number of fused-ring (bicyclic) bond motifs is 1. The molecule has 0 saturated heterocycles. The van der Waals surface area contributed by atoms with Gasteiger partial charge in [0.05, 0.1) is 0 Å². The van der Waals surface area contributed by atoms with Crippen LogP contribution in [0.3, 0.4) is 0 Å². The standard InChI is InChI=1S/C13H20N2/c1-2-15-9-12-6-5-11(4-3-7-14)8-13(12)10-15/h5-6,8H,2-4,7,9-10,14H2,1H3. The maximum atomic E-state index is 5.52. The van der Waals surface area contributed by atoms with Crippen molar-refractivity contribution in [3.05, 3.63) is 34.9 Å². The van der Waals surface area contributed by atoms with Crippen molar-refractivity contribution in [1.29, 1.82) is 0 Å². The minimum Gasteiger partial charge on any atom is -0.330 e. The largest absolute Gasteiger partial charge is 0.330 e. The van der Waals surface area contributed by atoms with Crippen LogP contribution in [-0.4, -0.2) is 18.0 Å². The SMILES string of the molecule is CCN1Cc2ccc(CCCN)cc2C1. The van der Waals surface area contributed by atoms with E-state index in [1.807, 2.05) is 0 Å². The summed E-state index contributed by atoms with van der Waals surface area (Å²) in [6.07, 6.45) is 2.21. The van der Waals surface area contributed by atoms with E-state index in [9.17, 15) is 0 Å². The maximum Gasteiger partial charge on any atom is 0.0240 e. The molecule has 0 aromatic heterocycles. The highest BCUT2D eigenvalue weighted by molar-refractivity contribution is 5.34. The minimum absolute atomic E-state index is 0.790. The molecule has 0 unspecified atom stereocenters. The third-order valence-corrected chi connectivity index (χ3v) is 3.18. The second kappa shape index (κ2) is 4.77. The number of nitrogens with two attached hydrogens (primary N) is 1. The molecule has 15 heavy (non-hydrogen) atoms. The molecule has 0 amide bonds. The molecule has 2 rings (SSSR count). The Morgan fingerprint density at radius 2 is 2.07 bits per heavy atom. The van der Waals surface area contributed by atoms with Crippen molar-refractivity contribution in [2.24, 2.45) is 5.73 Å². The molecule has 1 aromatic carbocycles. The van der Waals surface area contributed by atoms with Gasteiger partial charge in [-0.1, -0.05) is 25.1 Å². The fourth-order valence-corrected chi connectivity index (χ4v) is 2.20. The topological polar surface area (TPSA) is 29.3 Å². The van der Waals surface area contributed by atoms with Gasteiger partial charge < -0.3 is 5.73 Å². The van der Waals surface area contributed by atoms with Gasteiger partial charge in [0, 0.05) is 13.1 Å². The van der Waals surface area contributed by atoms with Crippen LogP contribution in [0, 0.1) is 0 Å². The van der Waals surface area contributed by atoms with Gasteiger partial charge in [-0.05, 0) is 42.6 Å². The summed E-state index contributed by atoms with van der Waals surface area (Å²) in [5, 5.41) is 0. The number of hydrogen-bond acceptors (Lipinski definition) is 2. The third-order valence-electron chi connectivity index (χ3n) is 3.18. The first kappa shape index (κ1) is 10.7. The van der Waals surface area contributed by atoms with Gasteiger partial charge in [-0.2, -0.15) is 0 Å². The molecule has 0 spiro atoms. The van der Waals surface area contributed by atoms with Crippen LogP contribution < -0.4 is 5.73 Å². The van der Waals surface area contributed by atoms with Crippen molar-refractivity contribution in [3.63, 3.8) is 0 Å².